The van der Waals surface area contributed by atoms with E-state index in [0.717, 1.165) is 12.0 Å². The maximum Gasteiger partial charge on any atom is 0.0218 e. The van der Waals surface area contributed by atoms with Crippen molar-refractivity contribution in [2.45, 2.75) is 97.6 Å². The number of rotatable bonds is 11. The number of nitrogens with zero attached hydrogens (tertiary/aromatic N) is 1. The third kappa shape index (κ3) is 7.65. The van der Waals surface area contributed by atoms with Crippen molar-refractivity contribution in [2.75, 3.05) is 19.6 Å². The molecule has 2 atom stereocenters. The number of hydrogen-bond donors (Lipinski definition) is 1. The molecule has 0 radical (unpaired) electrons. The molecule has 0 aliphatic carbocycles. The molecule has 2 heteroatoms. The lowest BCUT2D eigenvalue weighted by atomic mass is 9.98. The molecule has 0 saturated carbocycles. The van der Waals surface area contributed by atoms with E-state index in [1.165, 1.54) is 77.4 Å². The van der Waals surface area contributed by atoms with Crippen LogP contribution in [0.5, 0.6) is 0 Å². The molecule has 1 rings (SSSR count). The fourth-order valence-electron chi connectivity index (χ4n) is 3.45. The van der Waals surface area contributed by atoms with E-state index in [-0.39, 0.29) is 0 Å². The largest absolute Gasteiger partial charge is 0.311 e. The smallest absolute Gasteiger partial charge is 0.0218 e. The second kappa shape index (κ2) is 11.5. The molecule has 126 valence electrons. The minimum absolute atomic E-state index is 0.696. The Labute approximate surface area is 134 Å². The maximum absolute atomic E-state index is 3.74. The lowest BCUT2D eigenvalue weighted by Crippen LogP contribution is -2.57. The van der Waals surface area contributed by atoms with Crippen molar-refractivity contribution in [2.24, 2.45) is 5.92 Å². The van der Waals surface area contributed by atoms with Gasteiger partial charge in [-0.3, -0.25) is 4.90 Å². The Morgan fingerprint density at radius 2 is 1.57 bits per heavy atom. The monoisotopic (exact) mass is 296 g/mol. The molecule has 0 aromatic carbocycles. The number of hydrogen-bond acceptors (Lipinski definition) is 2. The summed E-state index contributed by atoms with van der Waals surface area (Å²) < 4.78 is 0. The van der Waals surface area contributed by atoms with E-state index in [9.17, 15) is 0 Å². The van der Waals surface area contributed by atoms with Gasteiger partial charge >= 0.3 is 0 Å². The zero-order valence-electron chi connectivity index (χ0n) is 15.2. The lowest BCUT2D eigenvalue weighted by molar-refractivity contribution is 0.108. The van der Waals surface area contributed by atoms with E-state index >= 15 is 0 Å². The molecule has 0 aromatic rings. The molecule has 0 spiro atoms. The van der Waals surface area contributed by atoms with Crippen molar-refractivity contribution in [3.8, 4) is 0 Å². The van der Waals surface area contributed by atoms with Gasteiger partial charge in [-0.2, -0.15) is 0 Å². The van der Waals surface area contributed by atoms with Crippen LogP contribution < -0.4 is 5.32 Å². The Balaban J connectivity index is 2.13. The topological polar surface area (TPSA) is 15.3 Å². The molecule has 2 unspecified atom stereocenters. The first-order valence-corrected chi connectivity index (χ1v) is 9.66. The summed E-state index contributed by atoms with van der Waals surface area (Å²) in [6.07, 6.45) is 12.7. The van der Waals surface area contributed by atoms with Gasteiger partial charge < -0.3 is 5.32 Å². The fraction of sp³-hybridized carbons (Fsp3) is 1.00. The molecule has 1 aliphatic rings. The Morgan fingerprint density at radius 3 is 2.14 bits per heavy atom. The van der Waals surface area contributed by atoms with E-state index in [1.54, 1.807) is 0 Å². The van der Waals surface area contributed by atoms with Gasteiger partial charge in [0.2, 0.25) is 0 Å². The summed E-state index contributed by atoms with van der Waals surface area (Å²) in [4.78, 5) is 2.76. The molecule has 0 bridgehead atoms. The van der Waals surface area contributed by atoms with E-state index < -0.39 is 0 Å². The number of piperazine rings is 1. The lowest BCUT2D eigenvalue weighted by Gasteiger charge is -2.41. The van der Waals surface area contributed by atoms with Gasteiger partial charge in [-0.25, -0.2) is 0 Å². The first-order chi connectivity index (χ1) is 10.2. The number of unbranched alkanes of at least 4 members (excludes halogenated alkanes) is 7. The Kier molecular flexibility index (Phi) is 10.4. The summed E-state index contributed by atoms with van der Waals surface area (Å²) in [5.74, 6) is 0.754. The molecule has 1 fully saturated rings. The third-order valence-corrected chi connectivity index (χ3v) is 5.14. The van der Waals surface area contributed by atoms with Crippen LogP contribution in [0.1, 0.15) is 85.5 Å². The average molecular weight is 297 g/mol. The zero-order valence-corrected chi connectivity index (χ0v) is 15.2. The Morgan fingerprint density at radius 1 is 0.952 bits per heavy atom. The highest BCUT2D eigenvalue weighted by Crippen LogP contribution is 2.16. The number of nitrogens with one attached hydrogen (secondary N) is 1. The zero-order chi connectivity index (χ0) is 15.5. The van der Waals surface area contributed by atoms with Crippen molar-refractivity contribution in [3.05, 3.63) is 0 Å². The van der Waals surface area contributed by atoms with Crippen molar-refractivity contribution in [1.29, 1.82) is 0 Å². The fourth-order valence-corrected chi connectivity index (χ4v) is 3.45. The van der Waals surface area contributed by atoms with Crippen LogP contribution in [0.15, 0.2) is 0 Å². The molecule has 1 heterocycles. The van der Waals surface area contributed by atoms with Gasteiger partial charge in [0.15, 0.2) is 0 Å². The summed E-state index contributed by atoms with van der Waals surface area (Å²) in [5.41, 5.74) is 0. The van der Waals surface area contributed by atoms with Crippen LogP contribution in [0, 0.1) is 5.92 Å². The molecule has 0 amide bonds. The Hall–Kier alpha value is -0.0800. The van der Waals surface area contributed by atoms with Crippen molar-refractivity contribution in [3.63, 3.8) is 0 Å². The van der Waals surface area contributed by atoms with Gasteiger partial charge in [-0.1, -0.05) is 72.6 Å². The highest BCUT2D eigenvalue weighted by Gasteiger charge is 2.27. The second-order valence-electron chi connectivity index (χ2n) is 7.29. The molecule has 1 saturated heterocycles. The van der Waals surface area contributed by atoms with E-state index in [1.807, 2.05) is 0 Å². The van der Waals surface area contributed by atoms with Crippen LogP contribution in [0.4, 0.5) is 0 Å². The predicted octanol–water partition coefficient (Wildman–Crippen LogP) is 4.84. The van der Waals surface area contributed by atoms with Crippen molar-refractivity contribution in [1.82, 2.24) is 10.2 Å². The van der Waals surface area contributed by atoms with Crippen LogP contribution in [0.2, 0.25) is 0 Å². The van der Waals surface area contributed by atoms with Crippen LogP contribution in [-0.2, 0) is 0 Å². The maximum atomic E-state index is 3.74. The normalized spacial score (nSPS) is 23.9. The third-order valence-electron chi connectivity index (χ3n) is 5.14. The first kappa shape index (κ1) is 19.0. The molecule has 2 nitrogen and oxygen atoms in total. The van der Waals surface area contributed by atoms with Crippen LogP contribution in [0.3, 0.4) is 0 Å². The van der Waals surface area contributed by atoms with E-state index in [2.05, 4.69) is 37.9 Å². The highest BCUT2D eigenvalue weighted by molar-refractivity contribution is 4.86. The van der Waals surface area contributed by atoms with Crippen molar-refractivity contribution < 1.29 is 0 Å². The van der Waals surface area contributed by atoms with Gasteiger partial charge in [0.1, 0.15) is 0 Å². The van der Waals surface area contributed by atoms with Gasteiger partial charge in [0.25, 0.3) is 0 Å². The van der Waals surface area contributed by atoms with Crippen LogP contribution >= 0.6 is 0 Å². The van der Waals surface area contributed by atoms with E-state index in [4.69, 9.17) is 0 Å². The first-order valence-electron chi connectivity index (χ1n) is 9.66. The second-order valence-corrected chi connectivity index (χ2v) is 7.29. The standard InChI is InChI=1S/C19H40N2/c1-5-7-8-9-10-11-12-13-14-21-16-19(17(3)4)20-15-18(21)6-2/h17-20H,5-16H2,1-4H3. The summed E-state index contributed by atoms with van der Waals surface area (Å²) in [5, 5.41) is 3.74. The highest BCUT2D eigenvalue weighted by atomic mass is 15.2. The summed E-state index contributed by atoms with van der Waals surface area (Å²) in [6.45, 7) is 13.1. The average Bonchev–Trinajstić information content (AvgIpc) is 2.49. The quantitative estimate of drug-likeness (QED) is 0.549. The summed E-state index contributed by atoms with van der Waals surface area (Å²) in [6, 6.07) is 1.46. The summed E-state index contributed by atoms with van der Waals surface area (Å²) >= 11 is 0. The molecule has 1 N–H and O–H groups in total. The van der Waals surface area contributed by atoms with Gasteiger partial charge in [0, 0.05) is 25.2 Å². The van der Waals surface area contributed by atoms with Gasteiger partial charge in [-0.15, -0.1) is 0 Å². The van der Waals surface area contributed by atoms with Crippen molar-refractivity contribution >= 4 is 0 Å². The minimum Gasteiger partial charge on any atom is -0.311 e. The predicted molar refractivity (Wildman–Crippen MR) is 94.9 cm³/mol. The van der Waals surface area contributed by atoms with Crippen LogP contribution in [0.25, 0.3) is 0 Å². The summed E-state index contributed by atoms with van der Waals surface area (Å²) in [7, 11) is 0. The molecular weight excluding hydrogens is 256 g/mol. The molecular formula is C19H40N2. The molecule has 21 heavy (non-hydrogen) atoms. The Bertz CT molecular complexity index is 240. The minimum atomic E-state index is 0.696. The SMILES string of the molecule is CCCCCCCCCCN1CC(C(C)C)NCC1CC. The van der Waals surface area contributed by atoms with Gasteiger partial charge in [-0.05, 0) is 25.3 Å². The molecule has 0 aromatic heterocycles. The molecule has 1 aliphatic heterocycles. The van der Waals surface area contributed by atoms with E-state index in [0.29, 0.717) is 6.04 Å². The van der Waals surface area contributed by atoms with Gasteiger partial charge in [0.05, 0.1) is 0 Å². The van der Waals surface area contributed by atoms with Crippen LogP contribution in [-0.4, -0.2) is 36.6 Å².